The van der Waals surface area contributed by atoms with E-state index in [1.807, 2.05) is 49.4 Å². The highest BCUT2D eigenvalue weighted by Gasteiger charge is 2.52. The Morgan fingerprint density at radius 1 is 0.906 bits per heavy atom. The monoisotopic (exact) mass is 421 g/mol. The molecule has 6 rings (SSSR count). The zero-order valence-electron chi connectivity index (χ0n) is 17.8. The number of H-pyrrole nitrogens is 1. The SMILES string of the molecule is Cc1ccc(C2c3[nH]c4ccccc4c3C[C@H]3C(=O)N(Cc4ccccc4)C(=O)N23)cc1. The zero-order chi connectivity index (χ0) is 21.8. The summed E-state index contributed by atoms with van der Waals surface area (Å²) in [5.41, 5.74) is 6.30. The molecule has 5 heteroatoms. The van der Waals surface area contributed by atoms with E-state index < -0.39 is 6.04 Å². The number of carbonyl (C=O) groups excluding carboxylic acids is 2. The molecular formula is C27H23N3O2. The smallest absolute Gasteiger partial charge is 0.328 e. The molecule has 3 amide bonds. The zero-order valence-corrected chi connectivity index (χ0v) is 17.8. The first-order valence-corrected chi connectivity index (χ1v) is 11.0. The van der Waals surface area contributed by atoms with Crippen LogP contribution in [0.25, 0.3) is 10.9 Å². The first-order valence-electron chi connectivity index (χ1n) is 11.0. The molecule has 1 aromatic heterocycles. The lowest BCUT2D eigenvalue weighted by molar-refractivity contribution is -0.129. The molecule has 158 valence electrons. The Labute approximate surface area is 186 Å². The molecule has 0 spiro atoms. The summed E-state index contributed by atoms with van der Waals surface area (Å²) in [6.45, 7) is 2.34. The van der Waals surface area contributed by atoms with Gasteiger partial charge in [-0.3, -0.25) is 14.6 Å². The maximum atomic E-state index is 13.6. The molecule has 2 atom stereocenters. The van der Waals surface area contributed by atoms with Crippen molar-refractivity contribution in [3.05, 3.63) is 107 Å². The lowest BCUT2D eigenvalue weighted by Crippen LogP contribution is -2.44. The predicted molar refractivity (Wildman–Crippen MR) is 123 cm³/mol. The van der Waals surface area contributed by atoms with Gasteiger partial charge in [-0.2, -0.15) is 0 Å². The van der Waals surface area contributed by atoms with Crippen molar-refractivity contribution in [1.82, 2.24) is 14.8 Å². The number of nitrogens with zero attached hydrogens (tertiary/aromatic N) is 2. The number of rotatable bonds is 3. The fraction of sp³-hybridized carbons (Fsp3) is 0.185. The van der Waals surface area contributed by atoms with Gasteiger partial charge in [0.05, 0.1) is 6.54 Å². The van der Waals surface area contributed by atoms with Gasteiger partial charge in [0.1, 0.15) is 12.1 Å². The van der Waals surface area contributed by atoms with Crippen LogP contribution in [-0.2, 0) is 17.8 Å². The Bertz CT molecular complexity index is 1340. The van der Waals surface area contributed by atoms with Gasteiger partial charge in [0, 0.05) is 23.0 Å². The molecule has 1 unspecified atom stereocenters. The van der Waals surface area contributed by atoms with E-state index >= 15 is 0 Å². The van der Waals surface area contributed by atoms with Gasteiger partial charge in [0.25, 0.3) is 5.91 Å². The second-order valence-corrected chi connectivity index (χ2v) is 8.70. The summed E-state index contributed by atoms with van der Waals surface area (Å²) in [4.78, 5) is 33.9. The largest absolute Gasteiger partial charge is 0.356 e. The van der Waals surface area contributed by atoms with E-state index in [1.54, 1.807) is 4.90 Å². The highest BCUT2D eigenvalue weighted by molar-refractivity contribution is 6.05. The number of benzene rings is 3. The third-order valence-corrected chi connectivity index (χ3v) is 6.71. The summed E-state index contributed by atoms with van der Waals surface area (Å²) >= 11 is 0. The van der Waals surface area contributed by atoms with Crippen LogP contribution in [0.2, 0.25) is 0 Å². The van der Waals surface area contributed by atoms with E-state index in [0.717, 1.165) is 38.9 Å². The molecule has 1 fully saturated rings. The second kappa shape index (κ2) is 7.09. The Kier molecular flexibility index (Phi) is 4.18. The van der Waals surface area contributed by atoms with Gasteiger partial charge in [-0.25, -0.2) is 4.79 Å². The van der Waals surface area contributed by atoms with Gasteiger partial charge in [-0.1, -0.05) is 78.4 Å². The molecule has 0 aliphatic carbocycles. The first-order chi connectivity index (χ1) is 15.6. The Morgan fingerprint density at radius 3 is 2.41 bits per heavy atom. The van der Waals surface area contributed by atoms with E-state index in [9.17, 15) is 9.59 Å². The van der Waals surface area contributed by atoms with E-state index in [1.165, 1.54) is 4.90 Å². The number of para-hydroxylation sites is 1. The number of nitrogens with one attached hydrogen (secondary N) is 1. The minimum Gasteiger partial charge on any atom is -0.356 e. The van der Waals surface area contributed by atoms with Crippen LogP contribution in [0.4, 0.5) is 4.79 Å². The van der Waals surface area contributed by atoms with Gasteiger partial charge in [0.15, 0.2) is 0 Å². The maximum absolute atomic E-state index is 13.6. The molecule has 0 radical (unpaired) electrons. The van der Waals surface area contributed by atoms with Crippen molar-refractivity contribution in [2.75, 3.05) is 0 Å². The lowest BCUT2D eigenvalue weighted by Gasteiger charge is -2.36. The number of urea groups is 1. The van der Waals surface area contributed by atoms with Crippen molar-refractivity contribution in [1.29, 1.82) is 0 Å². The van der Waals surface area contributed by atoms with Crippen LogP contribution in [0.3, 0.4) is 0 Å². The van der Waals surface area contributed by atoms with Crippen LogP contribution in [0.15, 0.2) is 78.9 Å². The van der Waals surface area contributed by atoms with Crippen molar-refractivity contribution < 1.29 is 9.59 Å². The van der Waals surface area contributed by atoms with Gasteiger partial charge in [-0.15, -0.1) is 0 Å². The highest BCUT2D eigenvalue weighted by atomic mass is 16.2. The van der Waals surface area contributed by atoms with Gasteiger partial charge >= 0.3 is 6.03 Å². The molecule has 0 bridgehead atoms. The highest BCUT2D eigenvalue weighted by Crippen LogP contribution is 2.44. The van der Waals surface area contributed by atoms with Crippen molar-refractivity contribution >= 4 is 22.8 Å². The number of aryl methyl sites for hydroxylation is 1. The summed E-state index contributed by atoms with van der Waals surface area (Å²) in [6, 6.07) is 25.1. The van der Waals surface area contributed by atoms with Crippen LogP contribution in [0, 0.1) is 6.92 Å². The first kappa shape index (κ1) is 18.9. The molecule has 32 heavy (non-hydrogen) atoms. The van der Waals surface area contributed by atoms with Crippen LogP contribution < -0.4 is 0 Å². The quantitative estimate of drug-likeness (QED) is 0.476. The predicted octanol–water partition coefficient (Wildman–Crippen LogP) is 4.95. The summed E-state index contributed by atoms with van der Waals surface area (Å²) in [5, 5.41) is 1.13. The van der Waals surface area contributed by atoms with Crippen molar-refractivity contribution in [3.63, 3.8) is 0 Å². The van der Waals surface area contributed by atoms with E-state index in [4.69, 9.17) is 0 Å². The average Bonchev–Trinajstić information content (AvgIpc) is 3.30. The minimum absolute atomic E-state index is 0.119. The standard InChI is InChI=1S/C27H23N3O2/c1-17-11-13-19(14-12-17)25-24-21(20-9-5-6-10-22(20)28-24)15-23-26(31)29(27(32)30(23)25)16-18-7-3-2-4-8-18/h2-14,23,25,28H,15-16H2,1H3/t23-,25?/m0/s1. The maximum Gasteiger partial charge on any atom is 0.328 e. The summed E-state index contributed by atoms with van der Waals surface area (Å²) in [5.74, 6) is -0.119. The molecule has 1 N–H and O–H groups in total. The Balaban J connectivity index is 1.49. The van der Waals surface area contributed by atoms with Crippen LogP contribution >= 0.6 is 0 Å². The normalized spacial score (nSPS) is 20.0. The van der Waals surface area contributed by atoms with E-state index in [2.05, 4.69) is 41.4 Å². The topological polar surface area (TPSA) is 56.4 Å². The van der Waals surface area contributed by atoms with Gasteiger partial charge < -0.3 is 4.98 Å². The van der Waals surface area contributed by atoms with E-state index in [-0.39, 0.29) is 18.0 Å². The number of carbonyl (C=O) groups is 2. The molecular weight excluding hydrogens is 398 g/mol. The molecule has 2 aliphatic heterocycles. The van der Waals surface area contributed by atoms with Crippen molar-refractivity contribution in [2.24, 2.45) is 0 Å². The summed E-state index contributed by atoms with van der Waals surface area (Å²) in [7, 11) is 0. The summed E-state index contributed by atoms with van der Waals surface area (Å²) < 4.78 is 0. The van der Waals surface area contributed by atoms with Crippen molar-refractivity contribution in [2.45, 2.75) is 32.0 Å². The number of hydrogen-bond donors (Lipinski definition) is 1. The third kappa shape index (κ3) is 2.78. The molecule has 3 heterocycles. The van der Waals surface area contributed by atoms with Gasteiger partial charge in [0.2, 0.25) is 0 Å². The third-order valence-electron chi connectivity index (χ3n) is 6.71. The molecule has 4 aromatic rings. The van der Waals surface area contributed by atoms with Crippen LogP contribution in [-0.4, -0.2) is 32.8 Å². The minimum atomic E-state index is -0.496. The van der Waals surface area contributed by atoms with Crippen LogP contribution in [0.1, 0.15) is 34.0 Å². The molecule has 5 nitrogen and oxygen atoms in total. The number of fused-ring (bicyclic) bond motifs is 4. The summed E-state index contributed by atoms with van der Waals surface area (Å²) in [6.07, 6.45) is 0.525. The molecule has 2 aliphatic rings. The molecule has 0 saturated carbocycles. The van der Waals surface area contributed by atoms with Crippen LogP contribution in [0.5, 0.6) is 0 Å². The fourth-order valence-electron chi connectivity index (χ4n) is 5.14. The van der Waals surface area contributed by atoms with Gasteiger partial charge in [-0.05, 0) is 29.7 Å². The van der Waals surface area contributed by atoms with E-state index in [0.29, 0.717) is 13.0 Å². The number of aromatic amines is 1. The lowest BCUT2D eigenvalue weighted by atomic mass is 9.88. The Morgan fingerprint density at radius 2 is 1.62 bits per heavy atom. The number of hydrogen-bond acceptors (Lipinski definition) is 2. The van der Waals surface area contributed by atoms with Crippen molar-refractivity contribution in [3.8, 4) is 0 Å². The molecule has 3 aromatic carbocycles. The molecule has 1 saturated heterocycles. The average molecular weight is 422 g/mol. The number of imide groups is 1. The number of amides is 3. The fourth-order valence-corrected chi connectivity index (χ4v) is 5.14. The number of aromatic nitrogens is 1. The second-order valence-electron chi connectivity index (χ2n) is 8.70. The Hall–Kier alpha value is -3.86.